The van der Waals surface area contributed by atoms with E-state index >= 15 is 0 Å². The zero-order valence-corrected chi connectivity index (χ0v) is 25.5. The van der Waals surface area contributed by atoms with Crippen LogP contribution in [0.4, 0.5) is 4.39 Å². The zero-order valence-electron chi connectivity index (χ0n) is 25.5. The number of halogens is 1. The number of methoxy groups -OCH3 is 1. The largest absolute Gasteiger partial charge is 0.494 e. The normalized spacial score (nSPS) is 25.8. The van der Waals surface area contributed by atoms with Crippen LogP contribution in [0.5, 0.6) is 5.75 Å². The van der Waals surface area contributed by atoms with Gasteiger partial charge >= 0.3 is 0 Å². The highest BCUT2D eigenvalue weighted by molar-refractivity contribution is 6.00. The summed E-state index contributed by atoms with van der Waals surface area (Å²) < 4.78 is 24.4. The van der Waals surface area contributed by atoms with Crippen molar-refractivity contribution in [2.45, 2.75) is 70.2 Å². The molecule has 7 rings (SSSR count). The van der Waals surface area contributed by atoms with Crippen LogP contribution >= 0.6 is 0 Å². The van der Waals surface area contributed by atoms with Crippen molar-refractivity contribution in [1.29, 1.82) is 0 Å². The molecule has 11 heteroatoms. The number of fused-ring (bicyclic) bond motifs is 3. The molecule has 1 aliphatic carbocycles. The predicted molar refractivity (Wildman–Crippen MR) is 166 cm³/mol. The third kappa shape index (κ3) is 5.21. The van der Waals surface area contributed by atoms with Gasteiger partial charge in [-0.05, 0) is 75.4 Å². The Morgan fingerprint density at radius 1 is 1.14 bits per heavy atom. The van der Waals surface area contributed by atoms with E-state index < -0.39 is 12.2 Å². The summed E-state index contributed by atoms with van der Waals surface area (Å²) in [5.41, 5.74) is 4.38. The highest BCUT2D eigenvalue weighted by Gasteiger charge is 2.42. The van der Waals surface area contributed by atoms with Crippen LogP contribution in [0.3, 0.4) is 0 Å². The first-order chi connectivity index (χ1) is 21.3. The van der Waals surface area contributed by atoms with E-state index in [0.29, 0.717) is 42.3 Å². The number of benzene rings is 1. The summed E-state index contributed by atoms with van der Waals surface area (Å²) in [4.78, 5) is 36.1. The van der Waals surface area contributed by atoms with Gasteiger partial charge in [0.05, 0.1) is 36.1 Å². The highest BCUT2D eigenvalue weighted by atomic mass is 19.1. The van der Waals surface area contributed by atoms with Gasteiger partial charge in [-0.2, -0.15) is 0 Å². The maximum atomic E-state index is 14.4. The number of nitrogens with one attached hydrogen (secondary N) is 3. The molecular formula is C33H40FN7O3. The lowest BCUT2D eigenvalue weighted by molar-refractivity contribution is -0.123. The van der Waals surface area contributed by atoms with Crippen LogP contribution in [-0.4, -0.2) is 63.3 Å². The minimum atomic E-state index is -1.09. The molecule has 0 radical (unpaired) electrons. The molecule has 3 N–H and O–H groups in total. The fourth-order valence-corrected chi connectivity index (χ4v) is 6.98. The van der Waals surface area contributed by atoms with Crippen LogP contribution in [0.1, 0.15) is 67.5 Å². The summed E-state index contributed by atoms with van der Waals surface area (Å²) in [6.45, 7) is 3.78. The van der Waals surface area contributed by atoms with Crippen LogP contribution in [0.25, 0.3) is 33.6 Å². The lowest BCUT2D eigenvalue weighted by Gasteiger charge is -2.27. The number of nitrogens with zero attached hydrogens (tertiary/aromatic N) is 4. The molecule has 2 fully saturated rings. The number of aryl methyl sites for hydroxylation is 2. The Bertz CT molecular complexity index is 1750. The van der Waals surface area contributed by atoms with E-state index in [0.717, 1.165) is 72.4 Å². The molecule has 2 amide bonds. The molecule has 1 aromatic carbocycles. The predicted octanol–water partition coefficient (Wildman–Crippen LogP) is 4.42. The smallest absolute Gasteiger partial charge is 0.251 e. The molecule has 1 saturated heterocycles. The molecule has 232 valence electrons. The van der Waals surface area contributed by atoms with Crippen LogP contribution in [0.2, 0.25) is 0 Å². The van der Waals surface area contributed by atoms with Gasteiger partial charge in [0, 0.05) is 37.0 Å². The fourth-order valence-electron chi connectivity index (χ4n) is 6.98. The molecular weight excluding hydrogens is 561 g/mol. The summed E-state index contributed by atoms with van der Waals surface area (Å²) in [5.74, 6) is 1.68. The minimum Gasteiger partial charge on any atom is -0.494 e. The average Bonchev–Trinajstić information content (AvgIpc) is 3.61. The molecule has 3 aliphatic rings. The number of carbonyl (C=O) groups is 2. The molecule has 2 bridgehead atoms. The summed E-state index contributed by atoms with van der Waals surface area (Å²) >= 11 is 0. The topological polar surface area (TPSA) is 115 Å². The highest BCUT2D eigenvalue weighted by Crippen LogP contribution is 2.43. The Morgan fingerprint density at radius 3 is 2.82 bits per heavy atom. The summed E-state index contributed by atoms with van der Waals surface area (Å²) in [7, 11) is 3.53. The number of amides is 2. The summed E-state index contributed by atoms with van der Waals surface area (Å²) in [5, 5.41) is 10.2. The van der Waals surface area contributed by atoms with Gasteiger partial charge in [-0.1, -0.05) is 12.8 Å². The number of pyridine rings is 1. The van der Waals surface area contributed by atoms with Crippen molar-refractivity contribution >= 4 is 33.9 Å². The lowest BCUT2D eigenvalue weighted by Crippen LogP contribution is -2.52. The van der Waals surface area contributed by atoms with Gasteiger partial charge < -0.3 is 29.8 Å². The first-order valence-corrected chi connectivity index (χ1v) is 15.8. The van der Waals surface area contributed by atoms with E-state index in [4.69, 9.17) is 14.7 Å². The Kier molecular flexibility index (Phi) is 7.52. The van der Waals surface area contributed by atoms with Crippen molar-refractivity contribution in [3.8, 4) is 17.3 Å². The van der Waals surface area contributed by atoms with E-state index in [9.17, 15) is 14.0 Å². The number of aromatic nitrogens is 4. The number of hydrogen-bond acceptors (Lipinski definition) is 6. The molecule has 5 heterocycles. The number of carbonyl (C=O) groups excluding carboxylic acids is 2. The Hall–Kier alpha value is -3.99. The van der Waals surface area contributed by atoms with Crippen molar-refractivity contribution in [2.75, 3.05) is 20.2 Å². The Morgan fingerprint density at radius 2 is 2.00 bits per heavy atom. The molecule has 4 aromatic rings. The monoisotopic (exact) mass is 601 g/mol. The number of ether oxygens (including phenoxy) is 1. The van der Waals surface area contributed by atoms with E-state index in [2.05, 4.69) is 32.7 Å². The summed E-state index contributed by atoms with van der Waals surface area (Å²) in [6.07, 6.45) is 4.53. The maximum absolute atomic E-state index is 14.4. The Labute approximate surface area is 255 Å². The quantitative estimate of drug-likeness (QED) is 0.319. The van der Waals surface area contributed by atoms with Gasteiger partial charge in [0.25, 0.3) is 5.91 Å². The van der Waals surface area contributed by atoms with Crippen LogP contribution < -0.4 is 20.7 Å². The van der Waals surface area contributed by atoms with Crippen molar-refractivity contribution in [3.63, 3.8) is 0 Å². The number of alkyl halides is 1. The van der Waals surface area contributed by atoms with Gasteiger partial charge in [0.15, 0.2) is 5.82 Å². The van der Waals surface area contributed by atoms with Gasteiger partial charge in [0.2, 0.25) is 5.91 Å². The molecule has 2 aliphatic heterocycles. The molecule has 1 saturated carbocycles. The number of imidazole rings is 1. The molecule has 10 nitrogen and oxygen atoms in total. The van der Waals surface area contributed by atoms with Crippen molar-refractivity contribution < 1.29 is 18.7 Å². The van der Waals surface area contributed by atoms with Gasteiger partial charge in [-0.3, -0.25) is 9.59 Å². The van der Waals surface area contributed by atoms with E-state index in [1.54, 1.807) is 19.2 Å². The molecule has 0 unspecified atom stereocenters. The van der Waals surface area contributed by atoms with Gasteiger partial charge in [-0.25, -0.2) is 14.4 Å². The second-order valence-electron chi connectivity index (χ2n) is 12.6. The van der Waals surface area contributed by atoms with E-state index in [1.807, 2.05) is 24.6 Å². The van der Waals surface area contributed by atoms with E-state index in [-0.39, 0.29) is 23.8 Å². The third-order valence-corrected chi connectivity index (χ3v) is 9.64. The van der Waals surface area contributed by atoms with Gasteiger partial charge in [-0.15, -0.1) is 0 Å². The Balaban J connectivity index is 1.27. The van der Waals surface area contributed by atoms with Crippen molar-refractivity contribution in [2.24, 2.45) is 18.9 Å². The molecule has 3 aromatic heterocycles. The average molecular weight is 602 g/mol. The van der Waals surface area contributed by atoms with Crippen molar-refractivity contribution in [3.05, 3.63) is 41.6 Å². The van der Waals surface area contributed by atoms with E-state index in [1.165, 1.54) is 0 Å². The minimum absolute atomic E-state index is 0.138. The summed E-state index contributed by atoms with van der Waals surface area (Å²) in [6, 6.07) is 8.84. The third-order valence-electron chi connectivity index (χ3n) is 9.64. The maximum Gasteiger partial charge on any atom is 0.251 e. The first kappa shape index (κ1) is 28.8. The number of piperidine rings is 1. The lowest BCUT2D eigenvalue weighted by atomic mass is 10.0. The molecule has 44 heavy (non-hydrogen) atoms. The fraction of sp³-hybridized carbons (Fsp3) is 0.515. The standard InChI is InChI=1S/C33H40FN7O3/c1-18-24-9-8-20-15-27(41(30(20)37-24)12-6-4-5-7-19-13-22(19)33(43)36-18)31-38-25-14-21(16-28(44-3)29(25)40(31)2)32(42)39-26-17-35-11-10-23(26)34/h8-9,14-16,18-19,22-23,26,35H,4-7,10-13,17H2,1-3H3,(H,36,43)(H,39,42)/t18-,19-,22+,23+,26+/m1/s1. The van der Waals surface area contributed by atoms with Crippen LogP contribution in [0.15, 0.2) is 30.3 Å². The second kappa shape index (κ2) is 11.5. The van der Waals surface area contributed by atoms with Gasteiger partial charge in [0.1, 0.15) is 23.1 Å². The number of hydrogen-bond donors (Lipinski definition) is 3. The van der Waals surface area contributed by atoms with Crippen LogP contribution in [0, 0.1) is 11.8 Å². The zero-order chi connectivity index (χ0) is 30.5. The second-order valence-corrected chi connectivity index (χ2v) is 12.6. The molecule has 5 atom stereocenters. The SMILES string of the molecule is COc1cc(C(=O)N[C@H]2CNCC[C@@H]2F)cc2nc(-c3cc4ccc5nc4n3CCCCC[C@@H]3C[C@@H]3C(=O)N[C@@H]5C)n(C)c12. The number of rotatable bonds is 4. The van der Waals surface area contributed by atoms with Crippen LogP contribution in [-0.2, 0) is 18.4 Å². The van der Waals surface area contributed by atoms with Crippen molar-refractivity contribution in [1.82, 2.24) is 35.1 Å². The first-order valence-electron chi connectivity index (χ1n) is 15.8. The molecule has 0 spiro atoms.